The maximum absolute atomic E-state index is 13.0. The van der Waals surface area contributed by atoms with Crippen LogP contribution in [0.4, 0.5) is 9.18 Å². The molecule has 4 rings (SSSR count). The summed E-state index contributed by atoms with van der Waals surface area (Å²) in [4.78, 5) is 25.3. The molecule has 0 aromatic heterocycles. The highest BCUT2D eigenvalue weighted by molar-refractivity contribution is 6.01. The van der Waals surface area contributed by atoms with E-state index >= 15 is 0 Å². The Bertz CT molecular complexity index is 1310. The minimum atomic E-state index is -0.582. The highest BCUT2D eigenvalue weighted by atomic mass is 19.1. The summed E-state index contributed by atoms with van der Waals surface area (Å²) in [5.41, 5.74) is 4.91. The van der Waals surface area contributed by atoms with Crippen LogP contribution < -0.4 is 10.6 Å². The van der Waals surface area contributed by atoms with Crippen LogP contribution in [-0.2, 0) is 24.3 Å². The molecule has 0 saturated carbocycles. The predicted octanol–water partition coefficient (Wildman–Crippen LogP) is 5.89. The third kappa shape index (κ3) is 6.79. The molecule has 0 heterocycles. The topological polar surface area (TPSA) is 67.4 Å². The first-order valence-electron chi connectivity index (χ1n) is 11.7. The van der Waals surface area contributed by atoms with Crippen molar-refractivity contribution in [1.29, 1.82) is 0 Å². The van der Waals surface area contributed by atoms with E-state index in [-0.39, 0.29) is 24.9 Å². The monoisotopic (exact) mass is 482 g/mol. The largest absolute Gasteiger partial charge is 0.445 e. The van der Waals surface area contributed by atoms with Gasteiger partial charge in [-0.2, -0.15) is 0 Å². The molecule has 2 N–H and O–H groups in total. The summed E-state index contributed by atoms with van der Waals surface area (Å²) >= 11 is 0. The lowest BCUT2D eigenvalue weighted by atomic mass is 9.95. The first-order chi connectivity index (χ1) is 17.6. The molecule has 5 nitrogen and oxygen atoms in total. The number of benzene rings is 4. The fraction of sp³-hybridized carbons (Fsp3) is 0.133. The number of alkyl carbamates (subject to hydrolysis) is 1. The number of ether oxygens (including phenoxy) is 1. The molecule has 0 atom stereocenters. The van der Waals surface area contributed by atoms with E-state index in [1.165, 1.54) is 12.1 Å². The van der Waals surface area contributed by atoms with Crippen molar-refractivity contribution in [3.05, 3.63) is 131 Å². The van der Waals surface area contributed by atoms with Crippen LogP contribution >= 0.6 is 0 Å². The lowest BCUT2D eigenvalue weighted by Gasteiger charge is -2.15. The van der Waals surface area contributed by atoms with Gasteiger partial charge in [0.2, 0.25) is 0 Å². The second-order valence-corrected chi connectivity index (χ2v) is 8.25. The zero-order chi connectivity index (χ0) is 25.2. The van der Waals surface area contributed by atoms with Gasteiger partial charge >= 0.3 is 6.09 Å². The summed E-state index contributed by atoms with van der Waals surface area (Å²) in [5.74, 6) is -0.493. The number of nitrogens with one attached hydrogen (secondary N) is 2. The third-order valence-corrected chi connectivity index (χ3v) is 5.73. The molecule has 0 saturated heterocycles. The van der Waals surface area contributed by atoms with E-state index in [0.29, 0.717) is 17.7 Å². The molecule has 0 unspecified atom stereocenters. The van der Waals surface area contributed by atoms with Gasteiger partial charge in [0, 0.05) is 18.7 Å². The van der Waals surface area contributed by atoms with Gasteiger partial charge < -0.3 is 15.4 Å². The van der Waals surface area contributed by atoms with E-state index in [0.717, 1.165) is 28.7 Å². The van der Waals surface area contributed by atoms with E-state index in [9.17, 15) is 14.0 Å². The van der Waals surface area contributed by atoms with Crippen LogP contribution in [0.5, 0.6) is 0 Å². The quantitative estimate of drug-likeness (QED) is 0.313. The Balaban J connectivity index is 1.40. The Kier molecular flexibility index (Phi) is 8.44. The maximum atomic E-state index is 13.0. The lowest BCUT2D eigenvalue weighted by Crippen LogP contribution is -2.26. The molecular formula is C30H27FN2O3. The molecule has 0 aliphatic heterocycles. The molecule has 0 aliphatic rings. The molecule has 0 aliphatic carbocycles. The zero-order valence-corrected chi connectivity index (χ0v) is 19.7. The van der Waals surface area contributed by atoms with Crippen LogP contribution in [0.25, 0.3) is 11.1 Å². The van der Waals surface area contributed by atoms with Crippen molar-refractivity contribution in [2.75, 3.05) is 6.54 Å². The first-order valence-corrected chi connectivity index (χ1v) is 11.7. The standard InChI is InChI=1S/C30H27FN2O3/c31-25-16-14-23(15-17-25)21-36-30(35)33-20-24-10-4-5-11-26(24)27-12-6-7-13-28(27)29(34)32-19-18-22-8-2-1-3-9-22/h1-17H,18-21H2,(H,32,34)(H,33,35). The molecule has 6 heteroatoms. The molecule has 36 heavy (non-hydrogen) atoms. The second kappa shape index (κ2) is 12.3. The van der Waals surface area contributed by atoms with E-state index in [1.54, 1.807) is 18.2 Å². The zero-order valence-electron chi connectivity index (χ0n) is 19.7. The van der Waals surface area contributed by atoms with Crippen LogP contribution in [0.2, 0.25) is 0 Å². The van der Waals surface area contributed by atoms with Gasteiger partial charge in [0.1, 0.15) is 12.4 Å². The summed E-state index contributed by atoms with van der Waals surface area (Å²) in [6.07, 6.45) is 0.163. The van der Waals surface area contributed by atoms with E-state index in [4.69, 9.17) is 4.74 Å². The van der Waals surface area contributed by atoms with Crippen molar-refractivity contribution < 1.29 is 18.7 Å². The maximum Gasteiger partial charge on any atom is 0.407 e. The average Bonchev–Trinajstić information content (AvgIpc) is 2.92. The number of carbonyl (C=O) groups is 2. The molecule has 182 valence electrons. The lowest BCUT2D eigenvalue weighted by molar-refractivity contribution is 0.0954. The average molecular weight is 483 g/mol. The SMILES string of the molecule is O=C(NCc1ccccc1-c1ccccc1C(=O)NCCc1ccccc1)OCc1ccc(F)cc1. The Morgan fingerprint density at radius 1 is 0.694 bits per heavy atom. The van der Waals surface area contributed by atoms with E-state index in [1.807, 2.05) is 72.8 Å². The predicted molar refractivity (Wildman–Crippen MR) is 138 cm³/mol. The minimum Gasteiger partial charge on any atom is -0.445 e. The van der Waals surface area contributed by atoms with Gasteiger partial charge in [-0.1, -0.05) is 84.9 Å². The Hall–Kier alpha value is -4.45. The molecule has 4 aromatic carbocycles. The second-order valence-electron chi connectivity index (χ2n) is 8.25. The number of carbonyl (C=O) groups excluding carboxylic acids is 2. The van der Waals surface area contributed by atoms with E-state index in [2.05, 4.69) is 10.6 Å². The molecule has 4 aromatic rings. The summed E-state index contributed by atoms with van der Waals surface area (Å²) in [5, 5.41) is 5.77. The van der Waals surface area contributed by atoms with Crippen LogP contribution in [0, 0.1) is 5.82 Å². The Morgan fingerprint density at radius 2 is 1.36 bits per heavy atom. The van der Waals surface area contributed by atoms with Gasteiger partial charge in [0.15, 0.2) is 0 Å². The van der Waals surface area contributed by atoms with Crippen LogP contribution in [-0.4, -0.2) is 18.5 Å². The molecular weight excluding hydrogens is 455 g/mol. The fourth-order valence-corrected chi connectivity index (χ4v) is 3.86. The smallest absolute Gasteiger partial charge is 0.407 e. The van der Waals surface area contributed by atoms with Crippen LogP contribution in [0.1, 0.15) is 27.0 Å². The number of hydrogen-bond acceptors (Lipinski definition) is 3. The number of halogens is 1. The number of rotatable bonds is 9. The fourth-order valence-electron chi connectivity index (χ4n) is 3.86. The molecule has 2 amide bonds. The molecule has 0 spiro atoms. The molecule has 0 radical (unpaired) electrons. The summed E-state index contributed by atoms with van der Waals surface area (Å²) < 4.78 is 18.3. The summed E-state index contributed by atoms with van der Waals surface area (Å²) in [6, 6.07) is 30.8. The van der Waals surface area contributed by atoms with Gasteiger partial charge in [-0.25, -0.2) is 9.18 Å². The van der Waals surface area contributed by atoms with Gasteiger partial charge in [0.25, 0.3) is 5.91 Å². The number of hydrogen-bond donors (Lipinski definition) is 2. The van der Waals surface area contributed by atoms with Crippen molar-refractivity contribution in [1.82, 2.24) is 10.6 Å². The van der Waals surface area contributed by atoms with Crippen molar-refractivity contribution in [3.63, 3.8) is 0 Å². The van der Waals surface area contributed by atoms with Crippen molar-refractivity contribution in [2.24, 2.45) is 0 Å². The Labute approximate surface area is 209 Å². The Morgan fingerprint density at radius 3 is 2.14 bits per heavy atom. The normalized spacial score (nSPS) is 10.5. The summed E-state index contributed by atoms with van der Waals surface area (Å²) in [7, 11) is 0. The van der Waals surface area contributed by atoms with Crippen molar-refractivity contribution in [3.8, 4) is 11.1 Å². The minimum absolute atomic E-state index is 0.0414. The van der Waals surface area contributed by atoms with Crippen molar-refractivity contribution in [2.45, 2.75) is 19.6 Å². The highest BCUT2D eigenvalue weighted by Gasteiger charge is 2.15. The van der Waals surface area contributed by atoms with Gasteiger partial charge in [0.05, 0.1) is 0 Å². The summed E-state index contributed by atoms with van der Waals surface area (Å²) in [6.45, 7) is 0.794. The first kappa shape index (κ1) is 24.7. The van der Waals surface area contributed by atoms with Gasteiger partial charge in [-0.05, 0) is 52.4 Å². The van der Waals surface area contributed by atoms with Crippen LogP contribution in [0.15, 0.2) is 103 Å². The van der Waals surface area contributed by atoms with Crippen molar-refractivity contribution >= 4 is 12.0 Å². The van der Waals surface area contributed by atoms with Gasteiger partial charge in [-0.15, -0.1) is 0 Å². The third-order valence-electron chi connectivity index (χ3n) is 5.73. The molecule has 0 bridgehead atoms. The van der Waals surface area contributed by atoms with Crippen LogP contribution in [0.3, 0.4) is 0 Å². The van der Waals surface area contributed by atoms with E-state index < -0.39 is 6.09 Å². The molecule has 0 fully saturated rings. The highest BCUT2D eigenvalue weighted by Crippen LogP contribution is 2.27. The number of amides is 2. The van der Waals surface area contributed by atoms with Gasteiger partial charge in [-0.3, -0.25) is 4.79 Å².